The van der Waals surface area contributed by atoms with E-state index < -0.39 is 24.5 Å². The van der Waals surface area contributed by atoms with Gasteiger partial charge in [0.15, 0.2) is 6.61 Å². The second-order valence-electron chi connectivity index (χ2n) is 7.77. The van der Waals surface area contributed by atoms with Gasteiger partial charge in [-0.3, -0.25) is 19.3 Å². The van der Waals surface area contributed by atoms with Gasteiger partial charge in [0, 0.05) is 10.7 Å². The van der Waals surface area contributed by atoms with Gasteiger partial charge in [0.1, 0.15) is 6.04 Å². The average Bonchev–Trinajstić information content (AvgIpc) is 3.35. The third kappa shape index (κ3) is 3.17. The van der Waals surface area contributed by atoms with Crippen LogP contribution in [-0.4, -0.2) is 41.2 Å². The van der Waals surface area contributed by atoms with E-state index in [1.54, 1.807) is 24.3 Å². The summed E-state index contributed by atoms with van der Waals surface area (Å²) in [6, 6.07) is 5.46. The molecule has 1 N–H and O–H groups in total. The Labute approximate surface area is 167 Å². The van der Waals surface area contributed by atoms with E-state index in [-0.39, 0.29) is 35.5 Å². The number of amides is 3. The third-order valence-corrected chi connectivity index (χ3v) is 6.42. The lowest BCUT2D eigenvalue weighted by molar-refractivity contribution is -0.159. The lowest BCUT2D eigenvalue weighted by atomic mass is 9.81. The predicted molar refractivity (Wildman–Crippen MR) is 100 cm³/mol. The zero-order valence-corrected chi connectivity index (χ0v) is 16.1. The number of hydrogen-bond donors (Lipinski definition) is 1. The van der Waals surface area contributed by atoms with Gasteiger partial charge in [-0.2, -0.15) is 0 Å². The van der Waals surface area contributed by atoms with Crippen LogP contribution in [0.25, 0.3) is 0 Å². The van der Waals surface area contributed by atoms with Crippen LogP contribution in [0, 0.1) is 23.7 Å². The maximum absolute atomic E-state index is 12.7. The summed E-state index contributed by atoms with van der Waals surface area (Å²) in [6.07, 6.45) is 2.88. The van der Waals surface area contributed by atoms with Crippen molar-refractivity contribution in [3.8, 4) is 0 Å². The molecule has 1 saturated heterocycles. The Balaban J connectivity index is 1.33. The van der Waals surface area contributed by atoms with Crippen molar-refractivity contribution < 1.29 is 23.9 Å². The second-order valence-corrected chi connectivity index (χ2v) is 8.21. The van der Waals surface area contributed by atoms with Crippen molar-refractivity contribution in [3.05, 3.63) is 29.3 Å². The van der Waals surface area contributed by atoms with Gasteiger partial charge in [0.2, 0.25) is 11.8 Å². The van der Waals surface area contributed by atoms with Crippen LogP contribution in [0.1, 0.15) is 26.2 Å². The van der Waals surface area contributed by atoms with Gasteiger partial charge in [-0.25, -0.2) is 4.79 Å². The first-order chi connectivity index (χ1) is 13.4. The normalized spacial score (nSPS) is 29.0. The minimum Gasteiger partial charge on any atom is -0.454 e. The molecule has 28 heavy (non-hydrogen) atoms. The standard InChI is InChI=1S/C20H21ClN2O5/c1-10(20(27)28-9-15(24)22-14-6-4-13(21)5-7-14)23-18(25)16-11-2-3-12(8-11)17(16)19(23)26/h4-7,10-12,16-17H,2-3,8-9H2,1H3,(H,22,24)/t10-,11-,12+,16-,17+/m1/s1. The quantitative estimate of drug-likeness (QED) is 0.600. The molecule has 1 heterocycles. The third-order valence-electron chi connectivity index (χ3n) is 6.16. The van der Waals surface area contributed by atoms with Crippen LogP contribution >= 0.6 is 11.6 Å². The zero-order chi connectivity index (χ0) is 20.0. The highest BCUT2D eigenvalue weighted by Crippen LogP contribution is 2.56. The zero-order valence-electron chi connectivity index (χ0n) is 15.4. The first-order valence-electron chi connectivity index (χ1n) is 9.45. The molecule has 0 spiro atoms. The second kappa shape index (κ2) is 7.20. The summed E-state index contributed by atoms with van der Waals surface area (Å²) in [4.78, 5) is 50.9. The summed E-state index contributed by atoms with van der Waals surface area (Å²) >= 11 is 5.79. The number of nitrogens with one attached hydrogen (secondary N) is 1. The Morgan fingerprint density at radius 1 is 1.14 bits per heavy atom. The van der Waals surface area contributed by atoms with Gasteiger partial charge in [-0.1, -0.05) is 11.6 Å². The van der Waals surface area contributed by atoms with Crippen molar-refractivity contribution in [2.45, 2.75) is 32.2 Å². The molecule has 3 amide bonds. The van der Waals surface area contributed by atoms with Gasteiger partial charge >= 0.3 is 5.97 Å². The number of carbonyl (C=O) groups is 4. The Kier molecular flexibility index (Phi) is 4.87. The van der Waals surface area contributed by atoms with Crippen LogP contribution in [0.4, 0.5) is 5.69 Å². The molecule has 5 atom stereocenters. The van der Waals surface area contributed by atoms with Crippen LogP contribution in [0.15, 0.2) is 24.3 Å². The molecule has 8 heteroatoms. The first-order valence-corrected chi connectivity index (χ1v) is 9.83. The summed E-state index contributed by atoms with van der Waals surface area (Å²) in [5, 5.41) is 3.12. The SMILES string of the molecule is C[C@H](C(=O)OCC(=O)Nc1ccc(Cl)cc1)N1C(=O)[C@@H]2[C@@H]3CC[C@@H](C3)[C@@H]2C1=O. The van der Waals surface area contributed by atoms with Crippen LogP contribution in [0.3, 0.4) is 0 Å². The van der Waals surface area contributed by atoms with Gasteiger partial charge < -0.3 is 10.1 Å². The number of halogens is 1. The molecular weight excluding hydrogens is 384 g/mol. The fourth-order valence-electron chi connectivity index (χ4n) is 4.91. The van der Waals surface area contributed by atoms with Crippen molar-refractivity contribution >= 4 is 41.0 Å². The largest absolute Gasteiger partial charge is 0.454 e. The first kappa shape index (κ1) is 18.9. The number of carbonyl (C=O) groups excluding carboxylic acids is 4. The number of likely N-dealkylation sites (tertiary alicyclic amines) is 1. The number of nitrogens with zero attached hydrogens (tertiary/aromatic N) is 1. The van der Waals surface area contributed by atoms with E-state index in [9.17, 15) is 19.2 Å². The number of imide groups is 1. The van der Waals surface area contributed by atoms with Crippen LogP contribution in [0.2, 0.25) is 5.02 Å². The highest BCUT2D eigenvalue weighted by atomic mass is 35.5. The van der Waals surface area contributed by atoms with Crippen LogP contribution in [0.5, 0.6) is 0 Å². The van der Waals surface area contributed by atoms with Gasteiger partial charge in [0.05, 0.1) is 11.8 Å². The van der Waals surface area contributed by atoms with E-state index >= 15 is 0 Å². The number of esters is 1. The number of benzene rings is 1. The number of anilines is 1. The highest BCUT2D eigenvalue weighted by Gasteiger charge is 2.62. The minimum atomic E-state index is -1.03. The van der Waals surface area contributed by atoms with Gasteiger partial charge in [-0.15, -0.1) is 0 Å². The van der Waals surface area contributed by atoms with E-state index in [0.29, 0.717) is 10.7 Å². The van der Waals surface area contributed by atoms with Crippen molar-refractivity contribution in [1.29, 1.82) is 0 Å². The number of fused-ring (bicyclic) bond motifs is 5. The number of rotatable bonds is 5. The molecule has 1 aliphatic heterocycles. The molecule has 2 aliphatic carbocycles. The van der Waals surface area contributed by atoms with Crippen LogP contribution < -0.4 is 5.32 Å². The molecule has 1 aromatic rings. The monoisotopic (exact) mass is 404 g/mol. The minimum absolute atomic E-state index is 0.254. The summed E-state index contributed by atoms with van der Waals surface area (Å²) in [5.41, 5.74) is 0.520. The van der Waals surface area contributed by atoms with E-state index in [1.807, 2.05) is 0 Å². The molecule has 3 fully saturated rings. The van der Waals surface area contributed by atoms with Gasteiger partial charge in [-0.05, 0) is 62.3 Å². The average molecular weight is 405 g/mol. The number of hydrogen-bond acceptors (Lipinski definition) is 5. The summed E-state index contributed by atoms with van der Waals surface area (Å²) in [7, 11) is 0. The fourth-order valence-corrected chi connectivity index (χ4v) is 5.03. The molecular formula is C20H21ClN2O5. The topological polar surface area (TPSA) is 92.8 Å². The smallest absolute Gasteiger partial charge is 0.329 e. The molecule has 3 aliphatic rings. The van der Waals surface area contributed by atoms with E-state index in [4.69, 9.17) is 16.3 Å². The molecule has 7 nitrogen and oxygen atoms in total. The summed E-state index contributed by atoms with van der Waals surface area (Å²) < 4.78 is 5.04. The lowest BCUT2D eigenvalue weighted by Gasteiger charge is -2.23. The molecule has 0 radical (unpaired) electrons. The Morgan fingerprint density at radius 2 is 1.71 bits per heavy atom. The van der Waals surface area contributed by atoms with E-state index in [0.717, 1.165) is 24.2 Å². The molecule has 148 valence electrons. The lowest BCUT2D eigenvalue weighted by Crippen LogP contribution is -2.45. The predicted octanol–water partition coefficient (Wildman–Crippen LogP) is 2.24. The highest BCUT2D eigenvalue weighted by molar-refractivity contribution is 6.30. The molecule has 4 rings (SSSR count). The summed E-state index contributed by atoms with van der Waals surface area (Å²) in [5.74, 6) is -1.87. The van der Waals surface area contributed by atoms with Crippen LogP contribution in [-0.2, 0) is 23.9 Å². The van der Waals surface area contributed by atoms with Gasteiger partial charge in [0.25, 0.3) is 5.91 Å². The molecule has 0 unspecified atom stereocenters. The van der Waals surface area contributed by atoms with E-state index in [1.165, 1.54) is 6.92 Å². The summed E-state index contributed by atoms with van der Waals surface area (Å²) in [6.45, 7) is 0.971. The molecule has 2 bridgehead atoms. The van der Waals surface area contributed by atoms with Crippen molar-refractivity contribution in [3.63, 3.8) is 0 Å². The van der Waals surface area contributed by atoms with E-state index in [2.05, 4.69) is 5.32 Å². The van der Waals surface area contributed by atoms with Crippen molar-refractivity contribution in [1.82, 2.24) is 4.90 Å². The Bertz CT molecular complexity index is 812. The number of ether oxygens (including phenoxy) is 1. The molecule has 1 aromatic carbocycles. The molecule has 0 aromatic heterocycles. The van der Waals surface area contributed by atoms with Crippen molar-refractivity contribution in [2.24, 2.45) is 23.7 Å². The molecule has 2 saturated carbocycles. The Hall–Kier alpha value is -2.41. The Morgan fingerprint density at radius 3 is 2.29 bits per heavy atom. The maximum Gasteiger partial charge on any atom is 0.329 e. The fraction of sp³-hybridized carbons (Fsp3) is 0.500. The maximum atomic E-state index is 12.7. The van der Waals surface area contributed by atoms with Crippen molar-refractivity contribution in [2.75, 3.05) is 11.9 Å².